The Morgan fingerprint density at radius 1 is 1.37 bits per heavy atom. The summed E-state index contributed by atoms with van der Waals surface area (Å²) in [5.74, 6) is 0. The number of nitrogens with zero attached hydrogens (tertiary/aromatic N) is 2. The zero-order valence-corrected chi connectivity index (χ0v) is 12.6. The number of anilines is 2. The van der Waals surface area contributed by atoms with Crippen LogP contribution in [-0.4, -0.2) is 18.6 Å². The first kappa shape index (κ1) is 13.9. The first-order valence-electron chi connectivity index (χ1n) is 6.65. The van der Waals surface area contributed by atoms with Crippen LogP contribution in [0.2, 0.25) is 0 Å². The van der Waals surface area contributed by atoms with E-state index in [9.17, 15) is 0 Å². The van der Waals surface area contributed by atoms with Gasteiger partial charge < -0.3 is 10.2 Å². The van der Waals surface area contributed by atoms with Gasteiger partial charge in [0.15, 0.2) is 5.13 Å². The Kier molecular flexibility index (Phi) is 4.80. The summed E-state index contributed by atoms with van der Waals surface area (Å²) in [5.41, 5.74) is 2.54. The van der Waals surface area contributed by atoms with Crippen LogP contribution >= 0.6 is 11.3 Å². The Hall–Kier alpha value is -1.55. The Balaban J connectivity index is 1.98. The Morgan fingerprint density at radius 3 is 2.95 bits per heavy atom. The van der Waals surface area contributed by atoms with E-state index in [1.54, 1.807) is 11.3 Å². The summed E-state index contributed by atoms with van der Waals surface area (Å²) in [5, 5.41) is 4.35. The molecule has 2 aromatic rings. The highest BCUT2D eigenvalue weighted by Crippen LogP contribution is 2.22. The molecule has 0 spiro atoms. The molecule has 0 aliphatic rings. The van der Waals surface area contributed by atoms with Crippen molar-refractivity contribution in [3.8, 4) is 0 Å². The van der Waals surface area contributed by atoms with Gasteiger partial charge in [-0.3, -0.25) is 0 Å². The highest BCUT2D eigenvalue weighted by Gasteiger charge is 2.06. The minimum Gasteiger partial charge on any atom is -0.369 e. The predicted octanol–water partition coefficient (Wildman–Crippen LogP) is 3.91. The number of aryl methyl sites for hydroxylation is 1. The van der Waals surface area contributed by atoms with E-state index in [0.717, 1.165) is 24.6 Å². The monoisotopic (exact) mass is 275 g/mol. The SMILES string of the molecule is CCCNc1ncc(CN(C)c2cccc(C)c2)s1. The molecule has 102 valence electrons. The summed E-state index contributed by atoms with van der Waals surface area (Å²) < 4.78 is 0. The van der Waals surface area contributed by atoms with Gasteiger partial charge >= 0.3 is 0 Å². The van der Waals surface area contributed by atoms with Crippen LogP contribution in [0.1, 0.15) is 23.8 Å². The predicted molar refractivity (Wildman–Crippen MR) is 84.2 cm³/mol. The molecular weight excluding hydrogens is 254 g/mol. The van der Waals surface area contributed by atoms with Gasteiger partial charge in [-0.05, 0) is 31.0 Å². The molecule has 1 aromatic carbocycles. The van der Waals surface area contributed by atoms with Crippen LogP contribution in [0.3, 0.4) is 0 Å². The third-order valence-corrected chi connectivity index (χ3v) is 3.86. The zero-order chi connectivity index (χ0) is 13.7. The van der Waals surface area contributed by atoms with Gasteiger partial charge in [0, 0.05) is 30.4 Å². The highest BCUT2D eigenvalue weighted by molar-refractivity contribution is 7.15. The maximum absolute atomic E-state index is 4.40. The van der Waals surface area contributed by atoms with Gasteiger partial charge in [-0.15, -0.1) is 11.3 Å². The van der Waals surface area contributed by atoms with Crippen LogP contribution in [0.25, 0.3) is 0 Å². The second kappa shape index (κ2) is 6.57. The fourth-order valence-corrected chi connectivity index (χ4v) is 2.78. The molecule has 4 heteroatoms. The molecular formula is C15H21N3S. The fraction of sp³-hybridized carbons (Fsp3) is 0.400. The molecule has 19 heavy (non-hydrogen) atoms. The van der Waals surface area contributed by atoms with Crippen molar-refractivity contribution in [3.05, 3.63) is 40.9 Å². The Morgan fingerprint density at radius 2 is 2.21 bits per heavy atom. The van der Waals surface area contributed by atoms with Crippen molar-refractivity contribution < 1.29 is 0 Å². The number of thiazole rings is 1. The van der Waals surface area contributed by atoms with Crippen molar-refractivity contribution in [2.45, 2.75) is 26.8 Å². The number of aromatic nitrogens is 1. The molecule has 1 N–H and O–H groups in total. The van der Waals surface area contributed by atoms with E-state index in [1.165, 1.54) is 16.1 Å². The lowest BCUT2D eigenvalue weighted by molar-refractivity contribution is 0.935. The Bertz CT molecular complexity index is 522. The van der Waals surface area contributed by atoms with Crippen LogP contribution in [0.4, 0.5) is 10.8 Å². The molecule has 1 heterocycles. The summed E-state index contributed by atoms with van der Waals surface area (Å²) in [4.78, 5) is 7.93. The molecule has 0 atom stereocenters. The summed E-state index contributed by atoms with van der Waals surface area (Å²) >= 11 is 1.74. The molecule has 1 aromatic heterocycles. The lowest BCUT2D eigenvalue weighted by Gasteiger charge is -2.18. The molecule has 0 radical (unpaired) electrons. The third kappa shape index (κ3) is 3.96. The lowest BCUT2D eigenvalue weighted by atomic mass is 10.2. The molecule has 0 amide bonds. The zero-order valence-electron chi connectivity index (χ0n) is 11.8. The second-order valence-electron chi connectivity index (χ2n) is 4.75. The van der Waals surface area contributed by atoms with Gasteiger partial charge in [-0.25, -0.2) is 4.98 Å². The number of hydrogen-bond acceptors (Lipinski definition) is 4. The van der Waals surface area contributed by atoms with E-state index >= 15 is 0 Å². The van der Waals surface area contributed by atoms with E-state index in [4.69, 9.17) is 0 Å². The van der Waals surface area contributed by atoms with Gasteiger partial charge in [0.25, 0.3) is 0 Å². The van der Waals surface area contributed by atoms with Gasteiger partial charge in [-0.2, -0.15) is 0 Å². The molecule has 0 aliphatic heterocycles. The maximum atomic E-state index is 4.40. The van der Waals surface area contributed by atoms with Crippen molar-refractivity contribution in [1.82, 2.24) is 4.98 Å². The summed E-state index contributed by atoms with van der Waals surface area (Å²) in [6.45, 7) is 6.17. The van der Waals surface area contributed by atoms with Gasteiger partial charge in [0.2, 0.25) is 0 Å². The average Bonchev–Trinajstić information content (AvgIpc) is 2.84. The summed E-state index contributed by atoms with van der Waals surface area (Å²) in [6.07, 6.45) is 3.09. The normalized spacial score (nSPS) is 10.5. The van der Waals surface area contributed by atoms with Crippen molar-refractivity contribution in [3.63, 3.8) is 0 Å². The largest absolute Gasteiger partial charge is 0.369 e. The van der Waals surface area contributed by atoms with Crippen LogP contribution in [-0.2, 0) is 6.54 Å². The van der Waals surface area contributed by atoms with Crippen LogP contribution in [0.5, 0.6) is 0 Å². The average molecular weight is 275 g/mol. The number of benzene rings is 1. The van der Waals surface area contributed by atoms with Crippen molar-refractivity contribution in [1.29, 1.82) is 0 Å². The number of rotatable bonds is 6. The second-order valence-corrected chi connectivity index (χ2v) is 5.87. The minimum absolute atomic E-state index is 0.898. The van der Waals surface area contributed by atoms with Crippen molar-refractivity contribution in [2.24, 2.45) is 0 Å². The fourth-order valence-electron chi connectivity index (χ4n) is 1.88. The summed E-state index contributed by atoms with van der Waals surface area (Å²) in [7, 11) is 2.12. The standard InChI is InChI=1S/C15H21N3S/c1-4-8-16-15-17-10-14(19-15)11-18(3)13-7-5-6-12(2)9-13/h5-7,9-10H,4,8,11H2,1-3H3,(H,16,17). The molecule has 0 fully saturated rings. The molecule has 0 aliphatic carbocycles. The van der Waals surface area contributed by atoms with Crippen molar-refractivity contribution >= 4 is 22.2 Å². The Labute approximate surface area is 119 Å². The van der Waals surface area contributed by atoms with Gasteiger partial charge in [0.05, 0.1) is 6.54 Å². The van der Waals surface area contributed by atoms with Crippen LogP contribution < -0.4 is 10.2 Å². The molecule has 0 saturated heterocycles. The molecule has 3 nitrogen and oxygen atoms in total. The topological polar surface area (TPSA) is 28.2 Å². The minimum atomic E-state index is 0.898. The number of nitrogens with one attached hydrogen (secondary N) is 1. The van der Waals surface area contributed by atoms with E-state index in [-0.39, 0.29) is 0 Å². The van der Waals surface area contributed by atoms with Gasteiger partial charge in [0.1, 0.15) is 0 Å². The first-order valence-corrected chi connectivity index (χ1v) is 7.47. The van der Waals surface area contributed by atoms with Crippen LogP contribution in [0, 0.1) is 6.92 Å². The number of hydrogen-bond donors (Lipinski definition) is 1. The van der Waals surface area contributed by atoms with E-state index in [2.05, 4.69) is 60.4 Å². The molecule has 0 bridgehead atoms. The van der Waals surface area contributed by atoms with Gasteiger partial charge in [-0.1, -0.05) is 19.1 Å². The van der Waals surface area contributed by atoms with Crippen LogP contribution in [0.15, 0.2) is 30.5 Å². The molecule has 0 unspecified atom stereocenters. The highest BCUT2D eigenvalue weighted by atomic mass is 32.1. The first-order chi connectivity index (χ1) is 9.19. The quantitative estimate of drug-likeness (QED) is 0.866. The van der Waals surface area contributed by atoms with E-state index in [1.807, 2.05) is 6.20 Å². The smallest absolute Gasteiger partial charge is 0.182 e. The lowest BCUT2D eigenvalue weighted by Crippen LogP contribution is -2.15. The molecule has 2 rings (SSSR count). The van der Waals surface area contributed by atoms with E-state index < -0.39 is 0 Å². The third-order valence-electron chi connectivity index (χ3n) is 2.92. The molecule has 0 saturated carbocycles. The maximum Gasteiger partial charge on any atom is 0.182 e. The summed E-state index contributed by atoms with van der Waals surface area (Å²) in [6, 6.07) is 8.57. The van der Waals surface area contributed by atoms with Crippen molar-refractivity contribution in [2.75, 3.05) is 23.8 Å². The van der Waals surface area contributed by atoms with E-state index in [0.29, 0.717) is 0 Å².